The molecule has 17 heavy (non-hydrogen) atoms. The van der Waals surface area contributed by atoms with Gasteiger partial charge in [0.15, 0.2) is 5.13 Å². The van der Waals surface area contributed by atoms with Gasteiger partial charge < -0.3 is 5.73 Å². The molecule has 1 aromatic carbocycles. The zero-order valence-electron chi connectivity index (χ0n) is 9.34. The summed E-state index contributed by atoms with van der Waals surface area (Å²) in [5.41, 5.74) is 7.70. The molecule has 0 radical (unpaired) electrons. The van der Waals surface area contributed by atoms with E-state index in [4.69, 9.17) is 28.9 Å². The molecule has 2 nitrogen and oxygen atoms in total. The lowest BCUT2D eigenvalue weighted by atomic mass is 10.1. The number of thiazole rings is 1. The van der Waals surface area contributed by atoms with E-state index < -0.39 is 0 Å². The van der Waals surface area contributed by atoms with Gasteiger partial charge in [-0.2, -0.15) is 0 Å². The van der Waals surface area contributed by atoms with Gasteiger partial charge in [0.2, 0.25) is 0 Å². The molecule has 2 rings (SSSR count). The summed E-state index contributed by atoms with van der Waals surface area (Å²) >= 11 is 13.8. The van der Waals surface area contributed by atoms with Crippen LogP contribution in [0, 0.1) is 0 Å². The summed E-state index contributed by atoms with van der Waals surface area (Å²) in [4.78, 5) is 5.43. The molecule has 0 aliphatic rings. The first-order valence-corrected chi connectivity index (χ1v) is 6.86. The second kappa shape index (κ2) is 5.25. The van der Waals surface area contributed by atoms with Gasteiger partial charge in [0, 0.05) is 21.3 Å². The number of nitrogen functional groups attached to an aromatic ring is 1. The molecule has 0 bridgehead atoms. The highest BCUT2D eigenvalue weighted by atomic mass is 35.5. The van der Waals surface area contributed by atoms with Gasteiger partial charge in [-0.3, -0.25) is 0 Å². The number of halogens is 2. The van der Waals surface area contributed by atoms with E-state index in [-0.39, 0.29) is 0 Å². The highest BCUT2D eigenvalue weighted by Gasteiger charge is 2.12. The molecule has 0 unspecified atom stereocenters. The van der Waals surface area contributed by atoms with Gasteiger partial charge in [0.1, 0.15) is 0 Å². The van der Waals surface area contributed by atoms with Crippen LogP contribution in [0.15, 0.2) is 18.2 Å². The van der Waals surface area contributed by atoms with E-state index in [0.29, 0.717) is 21.6 Å². The molecule has 0 fully saturated rings. The van der Waals surface area contributed by atoms with Gasteiger partial charge in [-0.1, -0.05) is 36.2 Å². The summed E-state index contributed by atoms with van der Waals surface area (Å²) in [7, 11) is 0. The van der Waals surface area contributed by atoms with Gasteiger partial charge in [-0.15, -0.1) is 11.3 Å². The highest BCUT2D eigenvalue weighted by Crippen LogP contribution is 2.31. The van der Waals surface area contributed by atoms with Crippen molar-refractivity contribution in [2.24, 2.45) is 0 Å². The fraction of sp³-hybridized carbons (Fsp3) is 0.250. The molecule has 0 saturated heterocycles. The molecule has 5 heteroatoms. The lowest BCUT2D eigenvalue weighted by Crippen LogP contribution is -1.93. The van der Waals surface area contributed by atoms with Crippen LogP contribution in [-0.4, -0.2) is 4.98 Å². The maximum absolute atomic E-state index is 6.15. The third kappa shape index (κ3) is 2.73. The second-order valence-electron chi connectivity index (χ2n) is 3.65. The fourth-order valence-electron chi connectivity index (χ4n) is 1.68. The molecule has 0 atom stereocenters. The molecular formula is C12H12Cl2N2S. The number of aromatic nitrogens is 1. The first kappa shape index (κ1) is 12.7. The summed E-state index contributed by atoms with van der Waals surface area (Å²) in [5, 5.41) is 1.97. The zero-order valence-corrected chi connectivity index (χ0v) is 11.7. The number of nitrogens with two attached hydrogens (primary N) is 1. The number of hydrogen-bond acceptors (Lipinski definition) is 3. The summed E-state index contributed by atoms with van der Waals surface area (Å²) in [6, 6.07) is 5.54. The molecule has 0 amide bonds. The Morgan fingerprint density at radius 2 is 1.94 bits per heavy atom. The van der Waals surface area contributed by atoms with Crippen molar-refractivity contribution in [2.45, 2.75) is 19.8 Å². The monoisotopic (exact) mass is 286 g/mol. The Bertz CT molecular complexity index is 517. The first-order chi connectivity index (χ1) is 8.11. The van der Waals surface area contributed by atoms with Crippen molar-refractivity contribution in [1.29, 1.82) is 0 Å². The van der Waals surface area contributed by atoms with Crippen molar-refractivity contribution in [3.05, 3.63) is 44.4 Å². The molecule has 1 heterocycles. The third-order valence-electron chi connectivity index (χ3n) is 2.53. The van der Waals surface area contributed by atoms with Gasteiger partial charge in [0.25, 0.3) is 0 Å². The van der Waals surface area contributed by atoms with Gasteiger partial charge >= 0.3 is 0 Å². The predicted molar refractivity (Wildman–Crippen MR) is 75.2 cm³/mol. The standard InChI is InChI=1S/C12H12Cl2N2S/c1-2-10-11(17-12(15)16-10)6-7-8(13)4-3-5-9(7)14/h3-5H,2,6H2,1H3,(H2,15,16). The van der Waals surface area contributed by atoms with Crippen LogP contribution >= 0.6 is 34.5 Å². The molecule has 0 aliphatic carbocycles. The minimum absolute atomic E-state index is 0.597. The quantitative estimate of drug-likeness (QED) is 0.919. The fourth-order valence-corrected chi connectivity index (χ4v) is 3.14. The van der Waals surface area contributed by atoms with Gasteiger partial charge in [0.05, 0.1) is 5.69 Å². The molecule has 2 N–H and O–H groups in total. The Morgan fingerprint density at radius 1 is 1.29 bits per heavy atom. The van der Waals surface area contributed by atoms with Crippen molar-refractivity contribution in [3.8, 4) is 0 Å². The van der Waals surface area contributed by atoms with Crippen molar-refractivity contribution < 1.29 is 0 Å². The molecule has 0 aliphatic heterocycles. The van der Waals surface area contributed by atoms with Crippen LogP contribution in [-0.2, 0) is 12.8 Å². The Labute approximate surface area is 114 Å². The van der Waals surface area contributed by atoms with E-state index in [2.05, 4.69) is 11.9 Å². The smallest absolute Gasteiger partial charge is 0.180 e. The van der Waals surface area contributed by atoms with E-state index in [1.165, 1.54) is 11.3 Å². The Kier molecular flexibility index (Phi) is 3.92. The SMILES string of the molecule is CCc1nc(N)sc1Cc1c(Cl)cccc1Cl. The average Bonchev–Trinajstić information content (AvgIpc) is 2.64. The summed E-state index contributed by atoms with van der Waals surface area (Å²) in [5.74, 6) is 0. The number of rotatable bonds is 3. The lowest BCUT2D eigenvalue weighted by molar-refractivity contribution is 1.02. The van der Waals surface area contributed by atoms with E-state index in [0.717, 1.165) is 22.6 Å². The van der Waals surface area contributed by atoms with Crippen LogP contribution in [0.1, 0.15) is 23.1 Å². The zero-order chi connectivity index (χ0) is 12.4. The van der Waals surface area contributed by atoms with Crippen LogP contribution in [0.25, 0.3) is 0 Å². The van der Waals surface area contributed by atoms with Crippen LogP contribution in [0.5, 0.6) is 0 Å². The molecule has 0 spiro atoms. The minimum Gasteiger partial charge on any atom is -0.375 e. The topological polar surface area (TPSA) is 38.9 Å². The van der Waals surface area contributed by atoms with Gasteiger partial charge in [-0.25, -0.2) is 4.98 Å². The van der Waals surface area contributed by atoms with Crippen LogP contribution in [0.3, 0.4) is 0 Å². The molecule has 90 valence electrons. The third-order valence-corrected chi connectivity index (χ3v) is 4.16. The molecule has 2 aromatic rings. The second-order valence-corrected chi connectivity index (χ2v) is 5.58. The first-order valence-electron chi connectivity index (χ1n) is 5.28. The minimum atomic E-state index is 0.597. The Hall–Kier alpha value is -0.770. The number of anilines is 1. The maximum atomic E-state index is 6.15. The number of benzene rings is 1. The Morgan fingerprint density at radius 3 is 2.53 bits per heavy atom. The van der Waals surface area contributed by atoms with Crippen molar-refractivity contribution >= 4 is 39.7 Å². The van der Waals surface area contributed by atoms with E-state index in [1.54, 1.807) is 0 Å². The average molecular weight is 287 g/mol. The summed E-state index contributed by atoms with van der Waals surface area (Å²) in [6.45, 7) is 2.06. The van der Waals surface area contributed by atoms with Crippen LogP contribution in [0.4, 0.5) is 5.13 Å². The normalized spacial score (nSPS) is 10.8. The summed E-state index contributed by atoms with van der Waals surface area (Å²) in [6.07, 6.45) is 1.56. The Balaban J connectivity index is 2.37. The summed E-state index contributed by atoms with van der Waals surface area (Å²) < 4.78 is 0. The predicted octanol–water partition coefficient (Wildman–Crippen LogP) is 4.19. The van der Waals surface area contributed by atoms with E-state index in [9.17, 15) is 0 Å². The van der Waals surface area contributed by atoms with Crippen molar-refractivity contribution in [2.75, 3.05) is 5.73 Å². The number of nitrogens with zero attached hydrogens (tertiary/aromatic N) is 1. The highest BCUT2D eigenvalue weighted by molar-refractivity contribution is 7.15. The van der Waals surface area contributed by atoms with E-state index >= 15 is 0 Å². The number of hydrogen-bond donors (Lipinski definition) is 1. The van der Waals surface area contributed by atoms with E-state index in [1.807, 2.05) is 18.2 Å². The van der Waals surface area contributed by atoms with Crippen LogP contribution in [0.2, 0.25) is 10.0 Å². The molecule has 1 aromatic heterocycles. The number of aryl methyl sites for hydroxylation is 1. The van der Waals surface area contributed by atoms with Crippen LogP contribution < -0.4 is 5.73 Å². The van der Waals surface area contributed by atoms with Gasteiger partial charge in [-0.05, 0) is 24.1 Å². The van der Waals surface area contributed by atoms with Crippen molar-refractivity contribution in [3.63, 3.8) is 0 Å². The molecular weight excluding hydrogens is 275 g/mol. The maximum Gasteiger partial charge on any atom is 0.180 e. The van der Waals surface area contributed by atoms with Crippen molar-refractivity contribution in [1.82, 2.24) is 4.98 Å². The lowest BCUT2D eigenvalue weighted by Gasteiger charge is -2.06. The largest absolute Gasteiger partial charge is 0.375 e. The molecule has 0 saturated carbocycles.